The molecule has 1 aromatic carbocycles. The van der Waals surface area contributed by atoms with Crippen LogP contribution in [0.2, 0.25) is 0 Å². The van der Waals surface area contributed by atoms with Crippen LogP contribution in [-0.4, -0.2) is 48.1 Å². The third kappa shape index (κ3) is 4.99. The van der Waals surface area contributed by atoms with Gasteiger partial charge in [-0.05, 0) is 55.2 Å². The molecule has 0 atom stereocenters. The number of aryl methyl sites for hydroxylation is 1. The van der Waals surface area contributed by atoms with Crippen LogP contribution in [0.1, 0.15) is 34.1 Å². The molecule has 0 saturated carbocycles. The molecule has 28 heavy (non-hydrogen) atoms. The van der Waals surface area contributed by atoms with E-state index in [1.54, 1.807) is 25.1 Å². The number of anilines is 1. The normalized spacial score (nSPS) is 14.4. The molecular weight excluding hydrogens is 376 g/mol. The number of aromatic hydroxyl groups is 1. The molecule has 0 fully saturated rings. The molecule has 0 saturated heterocycles. The molecule has 1 amide bonds. The number of hydrogen-bond donors (Lipinski definition) is 2. The molecule has 1 aliphatic rings. The highest BCUT2D eigenvalue weighted by atomic mass is 32.1. The number of rotatable bonds is 6. The summed E-state index contributed by atoms with van der Waals surface area (Å²) in [6.45, 7) is 5.71. The second-order valence-corrected chi connectivity index (χ2v) is 7.70. The second kappa shape index (κ2) is 9.03. The van der Waals surface area contributed by atoms with E-state index in [-0.39, 0.29) is 17.6 Å². The van der Waals surface area contributed by atoms with Gasteiger partial charge in [0.15, 0.2) is 0 Å². The molecule has 2 aromatic rings. The van der Waals surface area contributed by atoms with E-state index >= 15 is 0 Å². The van der Waals surface area contributed by atoms with E-state index in [0.29, 0.717) is 29.6 Å². The highest BCUT2D eigenvalue weighted by Gasteiger charge is 2.18. The number of thiophene rings is 1. The minimum atomic E-state index is -0.353. The van der Waals surface area contributed by atoms with Gasteiger partial charge in [0.2, 0.25) is 5.91 Å². The molecule has 0 aliphatic carbocycles. The Bertz CT molecular complexity index is 886. The first kappa shape index (κ1) is 20.1. The Hall–Kier alpha value is -2.64. The first-order valence-corrected chi connectivity index (χ1v) is 10.1. The van der Waals surface area contributed by atoms with Crippen molar-refractivity contribution in [3.63, 3.8) is 0 Å². The average Bonchev–Trinajstić information content (AvgIpc) is 3.03. The summed E-state index contributed by atoms with van der Waals surface area (Å²) < 4.78 is 5.03. The number of esters is 1. The van der Waals surface area contributed by atoms with Gasteiger partial charge in [0.05, 0.1) is 18.2 Å². The maximum absolute atomic E-state index is 12.4. The summed E-state index contributed by atoms with van der Waals surface area (Å²) in [5.74, 6) is -0.194. The topological polar surface area (TPSA) is 78.9 Å². The zero-order valence-electron chi connectivity index (χ0n) is 16.0. The Morgan fingerprint density at radius 1 is 1.29 bits per heavy atom. The molecule has 0 bridgehead atoms. The molecule has 2 N–H and O–H groups in total. The number of nitrogens with zero attached hydrogens (tertiary/aromatic N) is 1. The molecule has 6 nitrogen and oxygen atoms in total. The van der Waals surface area contributed by atoms with Gasteiger partial charge in [0, 0.05) is 13.1 Å². The minimum Gasteiger partial charge on any atom is -0.508 e. The van der Waals surface area contributed by atoms with E-state index in [9.17, 15) is 14.7 Å². The minimum absolute atomic E-state index is 0.0989. The van der Waals surface area contributed by atoms with Crippen LogP contribution in [0.15, 0.2) is 36.4 Å². The lowest BCUT2D eigenvalue weighted by Crippen LogP contribution is -2.36. The Labute approximate surface area is 168 Å². The largest absolute Gasteiger partial charge is 0.508 e. The monoisotopic (exact) mass is 400 g/mol. The molecular formula is C21H24N2O4S. The van der Waals surface area contributed by atoms with E-state index in [0.717, 1.165) is 24.1 Å². The Balaban J connectivity index is 1.54. The van der Waals surface area contributed by atoms with Crippen LogP contribution in [-0.2, 0) is 9.53 Å². The highest BCUT2D eigenvalue weighted by molar-refractivity contribution is 7.18. The highest BCUT2D eigenvalue weighted by Crippen LogP contribution is 2.28. The van der Waals surface area contributed by atoms with Gasteiger partial charge in [-0.3, -0.25) is 9.69 Å². The lowest BCUT2D eigenvalue weighted by molar-refractivity contribution is -0.117. The van der Waals surface area contributed by atoms with Gasteiger partial charge >= 0.3 is 5.97 Å². The molecule has 3 rings (SSSR count). The SMILES string of the molecule is CCOC(=O)c1sc(NC(=O)CN2CC=C(c3ccc(O)cc3)CC2)cc1C. The number of phenols is 1. The van der Waals surface area contributed by atoms with Crippen molar-refractivity contribution in [3.05, 3.63) is 52.4 Å². The fourth-order valence-electron chi connectivity index (χ4n) is 3.12. The van der Waals surface area contributed by atoms with Gasteiger partial charge in [-0.25, -0.2) is 4.79 Å². The molecule has 1 aromatic heterocycles. The van der Waals surface area contributed by atoms with Crippen molar-refractivity contribution in [2.75, 3.05) is 31.6 Å². The fraction of sp³-hybridized carbons (Fsp3) is 0.333. The van der Waals surface area contributed by atoms with E-state index in [2.05, 4.69) is 16.3 Å². The third-order valence-electron chi connectivity index (χ3n) is 4.54. The van der Waals surface area contributed by atoms with E-state index in [1.807, 2.05) is 19.1 Å². The molecule has 2 heterocycles. The van der Waals surface area contributed by atoms with Gasteiger partial charge in [-0.1, -0.05) is 18.2 Å². The maximum atomic E-state index is 12.4. The number of carbonyl (C=O) groups excluding carboxylic acids is 2. The summed E-state index contributed by atoms with van der Waals surface area (Å²) in [4.78, 5) is 26.9. The number of amides is 1. The van der Waals surface area contributed by atoms with Crippen molar-refractivity contribution in [2.24, 2.45) is 0 Å². The van der Waals surface area contributed by atoms with Gasteiger partial charge in [-0.15, -0.1) is 11.3 Å². The van der Waals surface area contributed by atoms with Crippen LogP contribution in [0.3, 0.4) is 0 Å². The van der Waals surface area contributed by atoms with Gasteiger partial charge in [-0.2, -0.15) is 0 Å². The van der Waals surface area contributed by atoms with E-state index < -0.39 is 0 Å². The fourth-order valence-corrected chi connectivity index (χ4v) is 4.10. The molecule has 7 heteroatoms. The van der Waals surface area contributed by atoms with Crippen molar-refractivity contribution in [3.8, 4) is 5.75 Å². The lowest BCUT2D eigenvalue weighted by atomic mass is 9.99. The van der Waals surface area contributed by atoms with Crippen LogP contribution < -0.4 is 5.32 Å². The Morgan fingerprint density at radius 2 is 2.04 bits per heavy atom. The molecule has 0 unspecified atom stereocenters. The Morgan fingerprint density at radius 3 is 2.68 bits per heavy atom. The maximum Gasteiger partial charge on any atom is 0.348 e. The summed E-state index contributed by atoms with van der Waals surface area (Å²) in [6, 6.07) is 8.98. The Kier molecular flexibility index (Phi) is 6.49. The third-order valence-corrected chi connectivity index (χ3v) is 5.67. The smallest absolute Gasteiger partial charge is 0.348 e. The predicted molar refractivity (Wildman–Crippen MR) is 111 cm³/mol. The number of carbonyl (C=O) groups is 2. The first-order valence-electron chi connectivity index (χ1n) is 9.24. The zero-order chi connectivity index (χ0) is 20.1. The van der Waals surface area contributed by atoms with Crippen molar-refractivity contribution in [1.29, 1.82) is 0 Å². The number of nitrogens with one attached hydrogen (secondary N) is 1. The molecule has 0 radical (unpaired) electrons. The summed E-state index contributed by atoms with van der Waals surface area (Å²) >= 11 is 1.24. The molecule has 1 aliphatic heterocycles. The average molecular weight is 401 g/mol. The second-order valence-electron chi connectivity index (χ2n) is 6.65. The van der Waals surface area contributed by atoms with Crippen LogP contribution >= 0.6 is 11.3 Å². The summed E-state index contributed by atoms with van der Waals surface area (Å²) in [5, 5.41) is 12.9. The summed E-state index contributed by atoms with van der Waals surface area (Å²) in [6.07, 6.45) is 2.97. The van der Waals surface area contributed by atoms with Gasteiger partial charge in [0.25, 0.3) is 0 Å². The summed E-state index contributed by atoms with van der Waals surface area (Å²) in [7, 11) is 0. The quantitative estimate of drug-likeness (QED) is 0.724. The zero-order valence-corrected chi connectivity index (χ0v) is 16.8. The van der Waals surface area contributed by atoms with Crippen molar-refractivity contribution in [2.45, 2.75) is 20.3 Å². The van der Waals surface area contributed by atoms with Crippen LogP contribution in [0.25, 0.3) is 5.57 Å². The number of benzene rings is 1. The number of hydrogen-bond acceptors (Lipinski definition) is 6. The predicted octanol–water partition coefficient (Wildman–Crippen LogP) is 3.67. The van der Waals surface area contributed by atoms with Crippen LogP contribution in [0.5, 0.6) is 5.75 Å². The van der Waals surface area contributed by atoms with Crippen LogP contribution in [0.4, 0.5) is 5.00 Å². The van der Waals surface area contributed by atoms with Crippen LogP contribution in [0, 0.1) is 6.92 Å². The van der Waals surface area contributed by atoms with Crippen molar-refractivity contribution >= 4 is 33.8 Å². The van der Waals surface area contributed by atoms with Crippen molar-refractivity contribution in [1.82, 2.24) is 4.90 Å². The molecule has 148 valence electrons. The van der Waals surface area contributed by atoms with E-state index in [1.165, 1.54) is 16.9 Å². The lowest BCUT2D eigenvalue weighted by Gasteiger charge is -2.25. The van der Waals surface area contributed by atoms with E-state index in [4.69, 9.17) is 4.74 Å². The van der Waals surface area contributed by atoms with Gasteiger partial charge < -0.3 is 15.2 Å². The standard InChI is InChI=1S/C21H24N2O4S/c1-3-27-21(26)20-14(2)12-19(28-20)22-18(25)13-23-10-8-16(9-11-23)15-4-6-17(24)7-5-15/h4-8,12,24H,3,9-11,13H2,1-2H3,(H,22,25). The van der Waals surface area contributed by atoms with Crippen molar-refractivity contribution < 1.29 is 19.4 Å². The first-order chi connectivity index (χ1) is 13.5. The molecule has 0 spiro atoms. The summed E-state index contributed by atoms with van der Waals surface area (Å²) in [5.41, 5.74) is 3.13. The number of phenolic OH excluding ortho intramolecular Hbond substituents is 1. The number of ether oxygens (including phenoxy) is 1. The van der Waals surface area contributed by atoms with Gasteiger partial charge in [0.1, 0.15) is 10.6 Å².